The summed E-state index contributed by atoms with van der Waals surface area (Å²) in [5.74, 6) is -0.203. The zero-order valence-corrected chi connectivity index (χ0v) is 17.1. The number of imidazole rings is 1. The number of ether oxygens (including phenoxy) is 1. The highest BCUT2D eigenvalue weighted by Crippen LogP contribution is 2.29. The minimum Gasteiger partial charge on any atom is -0.372 e. The number of carbonyl (C=O) groups excluding carboxylic acids is 1. The van der Waals surface area contributed by atoms with Gasteiger partial charge in [0.1, 0.15) is 5.65 Å². The summed E-state index contributed by atoms with van der Waals surface area (Å²) >= 11 is 0. The van der Waals surface area contributed by atoms with Crippen LogP contribution < -0.4 is 5.32 Å². The third-order valence-corrected chi connectivity index (χ3v) is 7.52. The fraction of sp³-hybridized carbons (Fsp3) is 0.333. The number of aromatic nitrogens is 2. The Hall–Kier alpha value is -2.75. The molecular formula is C21H22N4O4S. The monoisotopic (exact) mass is 426 g/mol. The van der Waals surface area contributed by atoms with E-state index >= 15 is 0 Å². The van der Waals surface area contributed by atoms with Crippen molar-refractivity contribution in [2.75, 3.05) is 13.1 Å². The van der Waals surface area contributed by atoms with E-state index < -0.39 is 10.0 Å². The van der Waals surface area contributed by atoms with Crippen molar-refractivity contribution < 1.29 is 17.9 Å². The molecule has 3 aromatic rings. The summed E-state index contributed by atoms with van der Waals surface area (Å²) in [5, 5.41) is 2.86. The molecule has 2 aromatic heterocycles. The molecule has 0 aliphatic carbocycles. The number of morpholine rings is 1. The van der Waals surface area contributed by atoms with E-state index in [-0.39, 0.29) is 23.0 Å². The number of carbonyl (C=O) groups is 1. The van der Waals surface area contributed by atoms with Crippen molar-refractivity contribution in [3.63, 3.8) is 0 Å². The molecule has 0 saturated carbocycles. The van der Waals surface area contributed by atoms with Gasteiger partial charge in [0.05, 0.1) is 22.7 Å². The Morgan fingerprint density at radius 2 is 1.83 bits per heavy atom. The van der Waals surface area contributed by atoms with Gasteiger partial charge >= 0.3 is 0 Å². The molecule has 2 unspecified atom stereocenters. The third-order valence-electron chi connectivity index (χ3n) is 5.68. The molecule has 1 aromatic carbocycles. The number of sulfonamides is 1. The summed E-state index contributed by atoms with van der Waals surface area (Å²) in [4.78, 5) is 16.9. The van der Waals surface area contributed by atoms with Gasteiger partial charge in [-0.05, 0) is 42.7 Å². The van der Waals surface area contributed by atoms with Crippen LogP contribution in [0.15, 0.2) is 59.9 Å². The van der Waals surface area contributed by atoms with Gasteiger partial charge in [-0.15, -0.1) is 0 Å². The van der Waals surface area contributed by atoms with E-state index in [0.717, 1.165) is 24.1 Å². The third kappa shape index (κ3) is 3.60. The number of hydrogen-bond donors (Lipinski definition) is 1. The van der Waals surface area contributed by atoms with Crippen molar-refractivity contribution in [1.82, 2.24) is 19.0 Å². The SMILES string of the molecule is O=C(NCc1ccc(S(=O)(=O)N2CC3CCC(C2)O3)cc1)c1ccc2nccn2c1. The zero-order chi connectivity index (χ0) is 20.7. The fourth-order valence-corrected chi connectivity index (χ4v) is 5.54. The Morgan fingerprint density at radius 3 is 2.57 bits per heavy atom. The minimum absolute atomic E-state index is 0.00885. The summed E-state index contributed by atoms with van der Waals surface area (Å²) in [6.45, 7) is 1.14. The lowest BCUT2D eigenvalue weighted by Crippen LogP contribution is -2.45. The van der Waals surface area contributed by atoms with Gasteiger partial charge in [-0.3, -0.25) is 4.79 Å². The van der Waals surface area contributed by atoms with Crippen LogP contribution in [-0.4, -0.2) is 53.3 Å². The van der Waals surface area contributed by atoms with Gasteiger partial charge in [-0.1, -0.05) is 12.1 Å². The fourth-order valence-electron chi connectivity index (χ4n) is 4.04. The predicted octanol–water partition coefficient (Wildman–Crippen LogP) is 1.82. The van der Waals surface area contributed by atoms with Crippen LogP contribution in [0.2, 0.25) is 0 Å². The summed E-state index contributed by atoms with van der Waals surface area (Å²) in [6.07, 6.45) is 7.04. The van der Waals surface area contributed by atoms with Crippen LogP contribution in [0, 0.1) is 0 Å². The first-order valence-corrected chi connectivity index (χ1v) is 11.4. The molecule has 5 rings (SSSR count). The number of rotatable bonds is 5. The number of fused-ring (bicyclic) bond motifs is 3. The lowest BCUT2D eigenvalue weighted by molar-refractivity contribution is -0.0114. The second kappa shape index (κ2) is 7.50. The molecule has 4 heterocycles. The van der Waals surface area contributed by atoms with Gasteiger partial charge in [0, 0.05) is 38.2 Å². The average Bonchev–Trinajstić information content (AvgIpc) is 3.37. The van der Waals surface area contributed by atoms with Crippen LogP contribution in [0.3, 0.4) is 0 Å². The second-order valence-corrected chi connectivity index (χ2v) is 9.65. The van der Waals surface area contributed by atoms with Gasteiger partial charge in [-0.25, -0.2) is 13.4 Å². The van der Waals surface area contributed by atoms with Gasteiger partial charge in [0.15, 0.2) is 0 Å². The summed E-state index contributed by atoms with van der Waals surface area (Å²) in [6, 6.07) is 10.2. The van der Waals surface area contributed by atoms with Crippen molar-refractivity contribution in [2.45, 2.75) is 36.5 Å². The molecule has 0 spiro atoms. The molecule has 2 saturated heterocycles. The lowest BCUT2D eigenvalue weighted by Gasteiger charge is -2.31. The summed E-state index contributed by atoms with van der Waals surface area (Å²) in [5.41, 5.74) is 2.13. The number of benzene rings is 1. The average molecular weight is 426 g/mol. The van der Waals surface area contributed by atoms with E-state index in [1.54, 1.807) is 59.4 Å². The molecule has 2 aliphatic heterocycles. The molecule has 156 valence electrons. The second-order valence-electron chi connectivity index (χ2n) is 7.72. The standard InChI is InChI=1S/C21H22N4O4S/c26-21(16-3-8-20-22-9-10-24(20)12-16)23-11-15-1-6-19(7-2-15)30(27,28)25-13-17-4-5-18(14-25)29-17/h1-3,6-10,12,17-18H,4-5,11,13-14H2,(H,23,26). The van der Waals surface area contributed by atoms with Crippen LogP contribution >= 0.6 is 0 Å². The number of nitrogens with zero attached hydrogens (tertiary/aromatic N) is 3. The van der Waals surface area contributed by atoms with Gasteiger partial charge < -0.3 is 14.5 Å². The van der Waals surface area contributed by atoms with Crippen LogP contribution in [0.5, 0.6) is 0 Å². The summed E-state index contributed by atoms with van der Waals surface area (Å²) in [7, 11) is -3.54. The Morgan fingerprint density at radius 1 is 1.10 bits per heavy atom. The molecule has 1 amide bonds. The van der Waals surface area contributed by atoms with Crippen molar-refractivity contribution in [2.24, 2.45) is 0 Å². The molecule has 2 aliphatic rings. The highest BCUT2D eigenvalue weighted by atomic mass is 32.2. The lowest BCUT2D eigenvalue weighted by atomic mass is 10.2. The minimum atomic E-state index is -3.54. The van der Waals surface area contributed by atoms with E-state index in [4.69, 9.17) is 4.74 Å². The van der Waals surface area contributed by atoms with E-state index in [9.17, 15) is 13.2 Å². The largest absolute Gasteiger partial charge is 0.372 e. The Labute approximate surface area is 174 Å². The van der Waals surface area contributed by atoms with Crippen LogP contribution in [0.25, 0.3) is 5.65 Å². The maximum atomic E-state index is 12.9. The van der Waals surface area contributed by atoms with Gasteiger partial charge in [0.2, 0.25) is 10.0 Å². The molecule has 0 radical (unpaired) electrons. The highest BCUT2D eigenvalue weighted by Gasteiger charge is 2.39. The van der Waals surface area contributed by atoms with E-state index in [1.807, 2.05) is 0 Å². The smallest absolute Gasteiger partial charge is 0.253 e. The Kier molecular flexibility index (Phi) is 4.80. The molecule has 2 bridgehead atoms. The first kappa shape index (κ1) is 19.2. The molecule has 30 heavy (non-hydrogen) atoms. The Balaban J connectivity index is 1.24. The summed E-state index contributed by atoms with van der Waals surface area (Å²) < 4.78 is 34.9. The maximum Gasteiger partial charge on any atom is 0.253 e. The van der Waals surface area contributed by atoms with E-state index in [0.29, 0.717) is 25.2 Å². The molecule has 1 N–H and O–H groups in total. The molecular weight excluding hydrogens is 404 g/mol. The normalized spacial score (nSPS) is 21.7. The van der Waals surface area contributed by atoms with E-state index in [1.165, 1.54) is 4.31 Å². The number of pyridine rings is 1. The molecule has 9 heteroatoms. The van der Waals surface area contributed by atoms with E-state index in [2.05, 4.69) is 10.3 Å². The number of hydrogen-bond acceptors (Lipinski definition) is 5. The first-order valence-electron chi connectivity index (χ1n) is 9.94. The van der Waals surface area contributed by atoms with Crippen LogP contribution in [0.4, 0.5) is 0 Å². The molecule has 2 atom stereocenters. The molecule has 2 fully saturated rings. The quantitative estimate of drug-likeness (QED) is 0.672. The predicted molar refractivity (Wildman–Crippen MR) is 109 cm³/mol. The maximum absolute atomic E-state index is 12.9. The molecule has 8 nitrogen and oxygen atoms in total. The van der Waals surface area contributed by atoms with Crippen molar-refractivity contribution >= 4 is 21.6 Å². The first-order chi connectivity index (χ1) is 14.5. The highest BCUT2D eigenvalue weighted by molar-refractivity contribution is 7.89. The number of amides is 1. The topological polar surface area (TPSA) is 93.0 Å². The van der Waals surface area contributed by atoms with Crippen molar-refractivity contribution in [3.8, 4) is 0 Å². The van der Waals surface area contributed by atoms with Crippen LogP contribution in [0.1, 0.15) is 28.8 Å². The van der Waals surface area contributed by atoms with Crippen molar-refractivity contribution in [3.05, 3.63) is 66.1 Å². The van der Waals surface area contributed by atoms with Gasteiger partial charge in [0.25, 0.3) is 5.91 Å². The Bertz CT molecular complexity index is 1180. The van der Waals surface area contributed by atoms with Crippen molar-refractivity contribution in [1.29, 1.82) is 0 Å². The zero-order valence-electron chi connectivity index (χ0n) is 16.3. The number of nitrogens with one attached hydrogen (secondary N) is 1. The van der Waals surface area contributed by atoms with Gasteiger partial charge in [-0.2, -0.15) is 4.31 Å². The van der Waals surface area contributed by atoms with Crippen LogP contribution in [-0.2, 0) is 21.3 Å².